The monoisotopic (exact) mass is 357 g/mol. The molecule has 0 radical (unpaired) electrons. The molecule has 0 aliphatic carbocycles. The zero-order valence-electron chi connectivity index (χ0n) is 14.6. The van der Waals surface area contributed by atoms with E-state index >= 15 is 0 Å². The van der Waals surface area contributed by atoms with Gasteiger partial charge in [-0.05, 0) is 27.7 Å². The minimum absolute atomic E-state index is 0.172. The summed E-state index contributed by atoms with van der Waals surface area (Å²) in [5.74, 6) is -3.98. The van der Waals surface area contributed by atoms with Gasteiger partial charge >= 0.3 is 18.4 Å². The lowest BCUT2D eigenvalue weighted by atomic mass is 10.2. The molecule has 0 unspecified atom stereocenters. The van der Waals surface area contributed by atoms with Crippen molar-refractivity contribution in [3.8, 4) is 0 Å². The highest BCUT2D eigenvalue weighted by Gasteiger charge is 2.42. The van der Waals surface area contributed by atoms with E-state index in [9.17, 15) is 22.4 Å². The van der Waals surface area contributed by atoms with Crippen molar-refractivity contribution in [3.05, 3.63) is 0 Å². The van der Waals surface area contributed by atoms with E-state index in [1.807, 2.05) is 11.8 Å². The van der Waals surface area contributed by atoms with Crippen molar-refractivity contribution in [2.24, 2.45) is 0 Å². The summed E-state index contributed by atoms with van der Waals surface area (Å²) in [4.78, 5) is 15.0. The third-order valence-corrected chi connectivity index (χ3v) is 3.51. The van der Waals surface area contributed by atoms with Gasteiger partial charge in [0.05, 0.1) is 6.54 Å². The van der Waals surface area contributed by atoms with Crippen molar-refractivity contribution in [1.29, 1.82) is 0 Å². The van der Waals surface area contributed by atoms with Crippen LogP contribution in [0, 0.1) is 0 Å². The van der Waals surface area contributed by atoms with Crippen LogP contribution in [-0.2, 0) is 4.74 Å². The molecule has 0 saturated carbocycles. The van der Waals surface area contributed by atoms with Gasteiger partial charge in [0, 0.05) is 38.8 Å². The fraction of sp³-hybridized carbons (Fsp3) is 0.933. The normalized spacial score (nSPS) is 19.4. The van der Waals surface area contributed by atoms with Crippen LogP contribution < -0.4 is 5.32 Å². The number of piperazine rings is 1. The highest BCUT2D eigenvalue weighted by molar-refractivity contribution is 5.68. The Morgan fingerprint density at radius 3 is 2.08 bits per heavy atom. The Balaban J connectivity index is 2.32. The van der Waals surface area contributed by atoms with Crippen LogP contribution in [0.25, 0.3) is 0 Å². The first-order chi connectivity index (χ1) is 10.9. The lowest BCUT2D eigenvalue weighted by Crippen LogP contribution is -2.53. The van der Waals surface area contributed by atoms with Gasteiger partial charge < -0.3 is 10.1 Å². The molecule has 0 aromatic heterocycles. The molecular weight excluding hydrogens is 330 g/mol. The van der Waals surface area contributed by atoms with E-state index in [0.717, 1.165) is 0 Å². The number of carbonyl (C=O) groups is 1. The van der Waals surface area contributed by atoms with Crippen LogP contribution in [-0.4, -0.2) is 79.2 Å². The molecule has 0 aromatic carbocycles. The number of amides is 1. The predicted molar refractivity (Wildman–Crippen MR) is 82.7 cm³/mol. The second kappa shape index (κ2) is 8.33. The minimum Gasteiger partial charge on any atom is -0.444 e. The first-order valence-corrected chi connectivity index (χ1v) is 7.99. The van der Waals surface area contributed by atoms with E-state index in [2.05, 4.69) is 5.32 Å². The zero-order chi connectivity index (χ0) is 18.5. The Morgan fingerprint density at radius 2 is 1.62 bits per heavy atom. The third-order valence-electron chi connectivity index (χ3n) is 3.51. The van der Waals surface area contributed by atoms with Crippen molar-refractivity contribution in [2.75, 3.05) is 39.3 Å². The molecule has 1 amide bonds. The number of hydrogen-bond donors (Lipinski definition) is 1. The van der Waals surface area contributed by atoms with E-state index in [-0.39, 0.29) is 6.04 Å². The number of ether oxygens (including phenoxy) is 1. The standard InChI is InChI=1S/C15H27F4N3O2/c1-11(20-13(23)24-14(2,3)4)9-21-5-7-22(8-6-21)10-15(18,19)12(16)17/h11-12H,5-10H2,1-4H3,(H,20,23)/t11-/m1/s1. The van der Waals surface area contributed by atoms with Gasteiger partial charge in [-0.15, -0.1) is 0 Å². The lowest BCUT2D eigenvalue weighted by Gasteiger charge is -2.37. The zero-order valence-corrected chi connectivity index (χ0v) is 14.6. The summed E-state index contributed by atoms with van der Waals surface area (Å²) in [7, 11) is 0. The molecule has 1 heterocycles. The molecular formula is C15H27F4N3O2. The predicted octanol–water partition coefficient (Wildman–Crippen LogP) is 2.42. The summed E-state index contributed by atoms with van der Waals surface area (Å²) in [5.41, 5.74) is -0.578. The van der Waals surface area contributed by atoms with Gasteiger partial charge in [-0.2, -0.15) is 8.78 Å². The maximum atomic E-state index is 13.1. The SMILES string of the molecule is C[C@H](CN1CCN(CC(F)(F)C(F)F)CC1)NC(=O)OC(C)(C)C. The first-order valence-electron chi connectivity index (χ1n) is 7.99. The fourth-order valence-electron chi connectivity index (χ4n) is 2.44. The average Bonchev–Trinajstić information content (AvgIpc) is 2.38. The van der Waals surface area contributed by atoms with Gasteiger partial charge in [0.2, 0.25) is 0 Å². The molecule has 1 aliphatic rings. The summed E-state index contributed by atoms with van der Waals surface area (Å²) in [5, 5.41) is 2.71. The van der Waals surface area contributed by atoms with Crippen LogP contribution in [0.3, 0.4) is 0 Å². The third kappa shape index (κ3) is 7.65. The van der Waals surface area contributed by atoms with Gasteiger partial charge in [0.1, 0.15) is 5.60 Å². The Hall–Kier alpha value is -1.09. The number of halogens is 4. The lowest BCUT2D eigenvalue weighted by molar-refractivity contribution is -0.145. The van der Waals surface area contributed by atoms with E-state index in [4.69, 9.17) is 4.74 Å². The van der Waals surface area contributed by atoms with E-state index < -0.39 is 30.6 Å². The number of hydrogen-bond acceptors (Lipinski definition) is 4. The molecule has 0 aromatic rings. The largest absolute Gasteiger partial charge is 0.444 e. The van der Waals surface area contributed by atoms with Crippen LogP contribution in [0.15, 0.2) is 0 Å². The van der Waals surface area contributed by atoms with Crippen molar-refractivity contribution >= 4 is 6.09 Å². The van der Waals surface area contributed by atoms with Crippen molar-refractivity contribution in [1.82, 2.24) is 15.1 Å². The maximum absolute atomic E-state index is 13.1. The van der Waals surface area contributed by atoms with Crippen LogP contribution in [0.5, 0.6) is 0 Å². The summed E-state index contributed by atoms with van der Waals surface area (Å²) in [6.45, 7) is 8.30. The fourth-order valence-corrected chi connectivity index (χ4v) is 2.44. The van der Waals surface area contributed by atoms with Crippen molar-refractivity contribution < 1.29 is 27.1 Å². The summed E-state index contributed by atoms with van der Waals surface area (Å²) in [6, 6.07) is -0.172. The molecule has 1 rings (SSSR count). The second-order valence-electron chi connectivity index (χ2n) is 7.19. The number of alkyl halides is 4. The molecule has 24 heavy (non-hydrogen) atoms. The highest BCUT2D eigenvalue weighted by atomic mass is 19.3. The smallest absolute Gasteiger partial charge is 0.407 e. The van der Waals surface area contributed by atoms with E-state index in [0.29, 0.717) is 32.7 Å². The first kappa shape index (κ1) is 21.0. The van der Waals surface area contributed by atoms with Gasteiger partial charge in [-0.25, -0.2) is 13.6 Å². The summed E-state index contributed by atoms with van der Waals surface area (Å²) >= 11 is 0. The number of nitrogens with one attached hydrogen (secondary N) is 1. The molecule has 1 saturated heterocycles. The number of nitrogens with zero attached hydrogens (tertiary/aromatic N) is 2. The Labute approximate surface area is 140 Å². The molecule has 9 heteroatoms. The number of alkyl carbamates (subject to hydrolysis) is 1. The Morgan fingerprint density at radius 1 is 1.12 bits per heavy atom. The minimum atomic E-state index is -3.98. The van der Waals surface area contributed by atoms with Crippen LogP contribution in [0.2, 0.25) is 0 Å². The second-order valence-corrected chi connectivity index (χ2v) is 7.19. The quantitative estimate of drug-likeness (QED) is 0.742. The molecule has 1 fully saturated rings. The van der Waals surface area contributed by atoms with Gasteiger partial charge in [-0.3, -0.25) is 9.80 Å². The van der Waals surface area contributed by atoms with Gasteiger partial charge in [-0.1, -0.05) is 0 Å². The van der Waals surface area contributed by atoms with Crippen LogP contribution in [0.4, 0.5) is 22.4 Å². The van der Waals surface area contributed by atoms with E-state index in [1.165, 1.54) is 4.90 Å². The molecule has 0 bridgehead atoms. The van der Waals surface area contributed by atoms with Gasteiger partial charge in [0.25, 0.3) is 0 Å². The highest BCUT2D eigenvalue weighted by Crippen LogP contribution is 2.24. The topological polar surface area (TPSA) is 44.8 Å². The number of carbonyl (C=O) groups excluding carboxylic acids is 1. The Bertz CT molecular complexity index is 408. The van der Waals surface area contributed by atoms with E-state index in [1.54, 1.807) is 20.8 Å². The van der Waals surface area contributed by atoms with Crippen LogP contribution >= 0.6 is 0 Å². The molecule has 1 aliphatic heterocycles. The van der Waals surface area contributed by atoms with Crippen LogP contribution in [0.1, 0.15) is 27.7 Å². The maximum Gasteiger partial charge on any atom is 0.407 e. The van der Waals surface area contributed by atoms with Crippen molar-refractivity contribution in [3.63, 3.8) is 0 Å². The molecule has 1 atom stereocenters. The molecule has 1 N–H and O–H groups in total. The summed E-state index contributed by atoms with van der Waals surface area (Å²) < 4.78 is 55.7. The molecule has 142 valence electrons. The molecule has 5 nitrogen and oxygen atoms in total. The average molecular weight is 357 g/mol. The number of rotatable bonds is 6. The summed E-state index contributed by atoms with van der Waals surface area (Å²) in [6.07, 6.45) is -4.15. The van der Waals surface area contributed by atoms with Gasteiger partial charge in [0.15, 0.2) is 0 Å². The Kier molecular flexibility index (Phi) is 7.27. The van der Waals surface area contributed by atoms with Crippen molar-refractivity contribution in [2.45, 2.75) is 51.7 Å². The molecule has 0 spiro atoms.